The fourth-order valence-corrected chi connectivity index (χ4v) is 2.88. The molecule has 2 heterocycles. The van der Waals surface area contributed by atoms with Crippen LogP contribution in [0.3, 0.4) is 0 Å². The van der Waals surface area contributed by atoms with Gasteiger partial charge in [-0.1, -0.05) is 30.3 Å². The Morgan fingerprint density at radius 3 is 2.31 bits per heavy atom. The Labute approximate surface area is 146 Å². The molecule has 4 aromatic rings. The van der Waals surface area contributed by atoms with E-state index in [9.17, 15) is 14.4 Å². The van der Waals surface area contributed by atoms with E-state index < -0.39 is 17.0 Å². The Morgan fingerprint density at radius 2 is 1.54 bits per heavy atom. The minimum absolute atomic E-state index is 0.0643. The van der Waals surface area contributed by atoms with Crippen LogP contribution in [-0.2, 0) is 0 Å². The van der Waals surface area contributed by atoms with Gasteiger partial charge >= 0.3 is 11.3 Å². The van der Waals surface area contributed by atoms with Gasteiger partial charge in [0.1, 0.15) is 22.5 Å². The van der Waals surface area contributed by atoms with Crippen molar-refractivity contribution in [2.24, 2.45) is 0 Å². The molecule has 6 nitrogen and oxygen atoms in total. The third-order valence-electron chi connectivity index (χ3n) is 4.08. The summed E-state index contributed by atoms with van der Waals surface area (Å²) < 4.78 is 15.7. The highest BCUT2D eigenvalue weighted by Gasteiger charge is 2.26. The monoisotopic (exact) mass is 348 g/mol. The maximum Gasteiger partial charge on any atom is 0.351 e. The number of carbonyl (C=O) groups is 1. The van der Waals surface area contributed by atoms with Crippen molar-refractivity contribution in [2.75, 3.05) is 7.11 Å². The van der Waals surface area contributed by atoms with Gasteiger partial charge in [0.05, 0.1) is 12.5 Å². The lowest BCUT2D eigenvalue weighted by Gasteiger charge is -2.09. The van der Waals surface area contributed by atoms with Crippen LogP contribution in [0.25, 0.3) is 21.9 Å². The van der Waals surface area contributed by atoms with Crippen LogP contribution < -0.4 is 16.0 Å². The number of hydrogen-bond donors (Lipinski definition) is 0. The van der Waals surface area contributed by atoms with Gasteiger partial charge in [0, 0.05) is 5.39 Å². The van der Waals surface area contributed by atoms with E-state index in [2.05, 4.69) is 0 Å². The maximum absolute atomic E-state index is 13.0. The summed E-state index contributed by atoms with van der Waals surface area (Å²) in [6.45, 7) is 0. The van der Waals surface area contributed by atoms with E-state index >= 15 is 0 Å². The molecule has 0 saturated carbocycles. The van der Waals surface area contributed by atoms with Gasteiger partial charge in [0.2, 0.25) is 5.78 Å². The number of benzene rings is 2. The van der Waals surface area contributed by atoms with E-state index in [4.69, 9.17) is 13.6 Å². The molecular formula is C20H12O6. The van der Waals surface area contributed by atoms with Crippen molar-refractivity contribution < 1.29 is 18.4 Å². The molecule has 0 fully saturated rings. The van der Waals surface area contributed by atoms with Crippen LogP contribution in [0.15, 0.2) is 73.0 Å². The van der Waals surface area contributed by atoms with Gasteiger partial charge in [-0.05, 0) is 24.3 Å². The van der Waals surface area contributed by atoms with Crippen molar-refractivity contribution in [1.29, 1.82) is 0 Å². The molecule has 0 N–H and O–H groups in total. The Kier molecular flexibility index (Phi) is 3.65. The first kappa shape index (κ1) is 15.8. The zero-order valence-corrected chi connectivity index (χ0v) is 13.6. The SMILES string of the molecule is COc1c(C(=O)c2cc3ccccc3oc2=O)c(=O)oc2ccccc12. The lowest BCUT2D eigenvalue weighted by atomic mass is 10.0. The minimum atomic E-state index is -0.877. The molecule has 0 bridgehead atoms. The van der Waals surface area contributed by atoms with Gasteiger partial charge in [-0.25, -0.2) is 9.59 Å². The Hall–Kier alpha value is -3.67. The number of fused-ring (bicyclic) bond motifs is 2. The smallest absolute Gasteiger partial charge is 0.351 e. The standard InChI is InChI=1S/C20H12O6/c1-24-18-12-7-3-5-9-15(12)26-20(23)16(18)17(21)13-10-11-6-2-4-8-14(11)25-19(13)22/h2-10H,1H3. The van der Waals surface area contributed by atoms with Gasteiger partial charge in [-0.3, -0.25) is 4.79 Å². The van der Waals surface area contributed by atoms with E-state index in [0.29, 0.717) is 16.4 Å². The summed E-state index contributed by atoms with van der Waals surface area (Å²) >= 11 is 0. The molecule has 0 amide bonds. The van der Waals surface area contributed by atoms with Gasteiger partial charge in [0.25, 0.3) is 0 Å². The number of carbonyl (C=O) groups excluding carboxylic acids is 1. The second-order valence-electron chi connectivity index (χ2n) is 5.61. The molecule has 6 heteroatoms. The largest absolute Gasteiger partial charge is 0.495 e. The van der Waals surface area contributed by atoms with Gasteiger partial charge in [-0.15, -0.1) is 0 Å². The quantitative estimate of drug-likeness (QED) is 0.418. The lowest BCUT2D eigenvalue weighted by Crippen LogP contribution is -2.22. The molecule has 0 aliphatic heterocycles. The van der Waals surface area contributed by atoms with Crippen molar-refractivity contribution in [3.63, 3.8) is 0 Å². The summed E-state index contributed by atoms with van der Waals surface area (Å²) in [5.74, 6) is -0.740. The number of para-hydroxylation sites is 2. The van der Waals surface area contributed by atoms with E-state index in [-0.39, 0.29) is 22.5 Å². The summed E-state index contributed by atoms with van der Waals surface area (Å²) in [6, 6.07) is 14.9. The van der Waals surface area contributed by atoms with Crippen molar-refractivity contribution in [1.82, 2.24) is 0 Å². The molecule has 128 valence electrons. The van der Waals surface area contributed by atoms with Gasteiger partial charge < -0.3 is 13.6 Å². The third-order valence-corrected chi connectivity index (χ3v) is 4.08. The van der Waals surface area contributed by atoms with E-state index in [1.54, 1.807) is 48.5 Å². The Morgan fingerprint density at radius 1 is 0.885 bits per heavy atom. The van der Waals surface area contributed by atoms with Crippen LogP contribution in [0.4, 0.5) is 0 Å². The summed E-state index contributed by atoms with van der Waals surface area (Å²) in [7, 11) is 1.35. The van der Waals surface area contributed by atoms with Crippen LogP contribution in [0.2, 0.25) is 0 Å². The Bertz CT molecular complexity index is 1280. The van der Waals surface area contributed by atoms with Gasteiger partial charge in [-0.2, -0.15) is 0 Å². The third kappa shape index (κ3) is 2.39. The second kappa shape index (κ2) is 6.00. The average molecular weight is 348 g/mol. The van der Waals surface area contributed by atoms with Crippen molar-refractivity contribution >= 4 is 27.7 Å². The topological polar surface area (TPSA) is 86.7 Å². The van der Waals surface area contributed by atoms with Crippen LogP contribution in [-0.4, -0.2) is 12.9 Å². The van der Waals surface area contributed by atoms with Crippen molar-refractivity contribution in [3.05, 3.63) is 86.6 Å². The molecule has 0 saturated heterocycles. The molecule has 0 aliphatic rings. The maximum atomic E-state index is 13.0. The first-order chi connectivity index (χ1) is 12.6. The summed E-state index contributed by atoms with van der Waals surface area (Å²) in [4.78, 5) is 37.6. The fourth-order valence-electron chi connectivity index (χ4n) is 2.88. The molecule has 2 aromatic carbocycles. The lowest BCUT2D eigenvalue weighted by molar-refractivity contribution is 0.102. The predicted molar refractivity (Wildman–Crippen MR) is 95.0 cm³/mol. The first-order valence-corrected chi connectivity index (χ1v) is 7.77. The summed E-state index contributed by atoms with van der Waals surface area (Å²) in [6.07, 6.45) is 0. The normalized spacial score (nSPS) is 11.0. The van der Waals surface area contributed by atoms with Crippen LogP contribution in [0.5, 0.6) is 5.75 Å². The van der Waals surface area contributed by atoms with Crippen molar-refractivity contribution in [3.8, 4) is 5.75 Å². The van der Waals surface area contributed by atoms with E-state index in [1.807, 2.05) is 0 Å². The highest BCUT2D eigenvalue weighted by atomic mass is 16.5. The van der Waals surface area contributed by atoms with E-state index in [1.165, 1.54) is 13.2 Å². The molecule has 4 rings (SSSR count). The molecule has 2 aromatic heterocycles. The number of hydrogen-bond acceptors (Lipinski definition) is 6. The molecule has 26 heavy (non-hydrogen) atoms. The minimum Gasteiger partial charge on any atom is -0.495 e. The zero-order chi connectivity index (χ0) is 18.3. The first-order valence-electron chi connectivity index (χ1n) is 7.77. The van der Waals surface area contributed by atoms with Crippen LogP contribution >= 0.6 is 0 Å². The predicted octanol–water partition coefficient (Wildman–Crippen LogP) is 3.14. The van der Waals surface area contributed by atoms with E-state index in [0.717, 1.165) is 0 Å². The number of ketones is 1. The molecular weight excluding hydrogens is 336 g/mol. The van der Waals surface area contributed by atoms with Crippen LogP contribution in [0, 0.1) is 0 Å². The molecule has 0 aliphatic carbocycles. The molecule has 0 atom stereocenters. The zero-order valence-electron chi connectivity index (χ0n) is 13.6. The second-order valence-corrected chi connectivity index (χ2v) is 5.61. The highest BCUT2D eigenvalue weighted by Crippen LogP contribution is 2.28. The van der Waals surface area contributed by atoms with Crippen molar-refractivity contribution in [2.45, 2.75) is 0 Å². The average Bonchev–Trinajstić information content (AvgIpc) is 2.65. The molecule has 0 spiro atoms. The number of ether oxygens (including phenoxy) is 1. The highest BCUT2D eigenvalue weighted by molar-refractivity contribution is 6.13. The summed E-state index contributed by atoms with van der Waals surface area (Å²) in [5.41, 5.74) is -1.66. The Balaban J connectivity index is 2.00. The molecule has 0 unspecified atom stereocenters. The number of rotatable bonds is 3. The van der Waals surface area contributed by atoms with Crippen LogP contribution in [0.1, 0.15) is 15.9 Å². The van der Waals surface area contributed by atoms with Gasteiger partial charge in [0.15, 0.2) is 5.56 Å². The fraction of sp³-hybridized carbons (Fsp3) is 0.0500. The number of methoxy groups -OCH3 is 1. The summed E-state index contributed by atoms with van der Waals surface area (Å²) in [5, 5.41) is 1.03. The molecule has 0 radical (unpaired) electrons.